The minimum absolute atomic E-state index is 0.00724. The van der Waals surface area contributed by atoms with E-state index in [1.54, 1.807) is 26.1 Å². The molecule has 1 aliphatic heterocycles. The predicted molar refractivity (Wildman–Crippen MR) is 129 cm³/mol. The SMILES string of the molecule is Cc1nc2nc(C3CCOCC3)nc(-c3ccc(C(F)(F)F)cc3F)c2nc1C.FC1(F)CC1n1cccn1. The minimum Gasteiger partial charge on any atom is -0.381 e. The fourth-order valence-electron chi connectivity index (χ4n) is 4.29. The number of rotatable bonds is 3. The molecule has 6 rings (SSSR count). The summed E-state index contributed by atoms with van der Waals surface area (Å²) in [6, 6.07) is 3.38. The van der Waals surface area contributed by atoms with Gasteiger partial charge in [0.25, 0.3) is 5.92 Å². The number of hydrogen-bond acceptors (Lipinski definition) is 6. The maximum atomic E-state index is 14.7. The van der Waals surface area contributed by atoms with Crippen LogP contribution in [-0.2, 0) is 10.9 Å². The lowest BCUT2D eigenvalue weighted by molar-refractivity contribution is -0.137. The zero-order valence-electron chi connectivity index (χ0n) is 21.0. The van der Waals surface area contributed by atoms with E-state index >= 15 is 0 Å². The number of ether oxygens (including phenoxy) is 1. The van der Waals surface area contributed by atoms with Crippen LogP contribution in [0.15, 0.2) is 36.7 Å². The molecule has 39 heavy (non-hydrogen) atoms. The van der Waals surface area contributed by atoms with E-state index in [1.165, 1.54) is 10.9 Å². The van der Waals surface area contributed by atoms with Crippen molar-refractivity contribution in [3.63, 3.8) is 0 Å². The van der Waals surface area contributed by atoms with Crippen LogP contribution in [0.3, 0.4) is 0 Å². The second kappa shape index (κ2) is 10.2. The highest BCUT2D eigenvalue weighted by molar-refractivity contribution is 5.87. The Balaban J connectivity index is 0.000000257. The largest absolute Gasteiger partial charge is 0.416 e. The average Bonchev–Trinajstić information content (AvgIpc) is 3.25. The first-order valence-electron chi connectivity index (χ1n) is 12.3. The Morgan fingerprint density at radius 2 is 1.69 bits per heavy atom. The number of benzene rings is 1. The molecule has 1 saturated heterocycles. The van der Waals surface area contributed by atoms with E-state index in [2.05, 4.69) is 25.0 Å². The number of aromatic nitrogens is 6. The third-order valence-corrected chi connectivity index (χ3v) is 6.73. The van der Waals surface area contributed by atoms with Crippen LogP contribution in [0.4, 0.5) is 26.3 Å². The molecule has 0 radical (unpaired) electrons. The molecule has 2 fully saturated rings. The highest BCUT2D eigenvalue weighted by Gasteiger charge is 2.58. The Hall–Kier alpha value is -3.61. The van der Waals surface area contributed by atoms with Gasteiger partial charge in [-0.2, -0.15) is 18.3 Å². The standard InChI is InChI=1S/C20H18F4N4O.C6H6F2N2/c1-10-11(2)26-19-17(25-10)16(27-18(28-19)12-5-7-29-8-6-12)14-4-3-13(9-15(14)21)20(22,23)24;7-6(8)4-5(6)10-3-1-2-9-10/h3-4,9,12H,5-8H2,1-2H3;1-3,5H,4H2. The lowest BCUT2D eigenvalue weighted by atomic mass is 9.98. The molecule has 1 aliphatic carbocycles. The zero-order chi connectivity index (χ0) is 27.9. The van der Waals surface area contributed by atoms with E-state index in [0.717, 1.165) is 12.1 Å². The van der Waals surface area contributed by atoms with Crippen LogP contribution in [0.25, 0.3) is 22.4 Å². The van der Waals surface area contributed by atoms with E-state index in [1.807, 2.05) is 0 Å². The van der Waals surface area contributed by atoms with Crippen molar-refractivity contribution in [1.29, 1.82) is 0 Å². The second-order valence-corrected chi connectivity index (χ2v) is 9.54. The minimum atomic E-state index is -4.63. The molecule has 4 aromatic rings. The monoisotopic (exact) mass is 550 g/mol. The van der Waals surface area contributed by atoms with Crippen molar-refractivity contribution in [1.82, 2.24) is 29.7 Å². The van der Waals surface area contributed by atoms with Crippen LogP contribution in [-0.4, -0.2) is 48.9 Å². The number of halogens is 6. The zero-order valence-corrected chi connectivity index (χ0v) is 21.0. The molecule has 1 unspecified atom stereocenters. The van der Waals surface area contributed by atoms with Crippen LogP contribution in [0, 0.1) is 19.7 Å². The Bertz CT molecular complexity index is 1480. The summed E-state index contributed by atoms with van der Waals surface area (Å²) in [5.74, 6) is -3.04. The number of fused-ring (bicyclic) bond motifs is 1. The Labute approximate surface area is 219 Å². The summed E-state index contributed by atoms with van der Waals surface area (Å²) in [6.45, 7) is 4.67. The van der Waals surface area contributed by atoms with Crippen LogP contribution >= 0.6 is 0 Å². The van der Waals surface area contributed by atoms with Gasteiger partial charge in [-0.3, -0.25) is 4.68 Å². The maximum absolute atomic E-state index is 14.7. The molecule has 7 nitrogen and oxygen atoms in total. The highest BCUT2D eigenvalue weighted by atomic mass is 19.4. The fraction of sp³-hybridized carbons (Fsp3) is 0.423. The quantitative estimate of drug-likeness (QED) is 0.282. The van der Waals surface area contributed by atoms with E-state index in [9.17, 15) is 26.3 Å². The van der Waals surface area contributed by atoms with E-state index < -0.39 is 29.5 Å². The van der Waals surface area contributed by atoms with Crippen LogP contribution < -0.4 is 0 Å². The Kier molecular flexibility index (Phi) is 7.04. The molecule has 0 spiro atoms. The summed E-state index contributed by atoms with van der Waals surface area (Å²) < 4.78 is 84.8. The van der Waals surface area contributed by atoms with Gasteiger partial charge >= 0.3 is 6.18 Å². The van der Waals surface area contributed by atoms with Crippen molar-refractivity contribution in [2.45, 2.75) is 57.2 Å². The van der Waals surface area contributed by atoms with Crippen molar-refractivity contribution < 1.29 is 31.1 Å². The van der Waals surface area contributed by atoms with Gasteiger partial charge in [0.2, 0.25) is 0 Å². The molecule has 0 N–H and O–H groups in total. The third kappa shape index (κ3) is 5.72. The smallest absolute Gasteiger partial charge is 0.381 e. The van der Waals surface area contributed by atoms with E-state index in [-0.39, 0.29) is 29.1 Å². The molecule has 1 atom stereocenters. The molecule has 1 aromatic carbocycles. The molecule has 206 valence electrons. The second-order valence-electron chi connectivity index (χ2n) is 9.54. The Morgan fingerprint density at radius 3 is 2.28 bits per heavy atom. The number of hydrogen-bond donors (Lipinski definition) is 0. The lowest BCUT2D eigenvalue weighted by Gasteiger charge is -2.21. The molecule has 0 amide bonds. The number of alkyl halides is 5. The van der Waals surface area contributed by atoms with Crippen LogP contribution in [0.2, 0.25) is 0 Å². The van der Waals surface area contributed by atoms with Gasteiger partial charge in [0.05, 0.1) is 17.0 Å². The van der Waals surface area contributed by atoms with Gasteiger partial charge in [0.15, 0.2) is 5.65 Å². The average molecular weight is 551 g/mol. The van der Waals surface area contributed by atoms with Gasteiger partial charge in [-0.15, -0.1) is 0 Å². The maximum Gasteiger partial charge on any atom is 0.416 e. The lowest BCUT2D eigenvalue weighted by Crippen LogP contribution is -2.17. The third-order valence-electron chi connectivity index (χ3n) is 6.73. The number of aryl methyl sites for hydroxylation is 2. The Morgan fingerprint density at radius 1 is 1.00 bits per heavy atom. The van der Waals surface area contributed by atoms with Crippen LogP contribution in [0.1, 0.15) is 54.0 Å². The molecular formula is C26H24F6N6O. The highest BCUT2D eigenvalue weighted by Crippen LogP contribution is 2.51. The number of nitrogens with zero attached hydrogens (tertiary/aromatic N) is 6. The summed E-state index contributed by atoms with van der Waals surface area (Å²) >= 11 is 0. The van der Waals surface area contributed by atoms with Crippen molar-refractivity contribution >= 4 is 11.2 Å². The van der Waals surface area contributed by atoms with Crippen molar-refractivity contribution in [2.24, 2.45) is 0 Å². The van der Waals surface area contributed by atoms with Gasteiger partial charge in [0, 0.05) is 43.5 Å². The summed E-state index contributed by atoms with van der Waals surface area (Å²) in [5, 5.41) is 3.71. The molecular weight excluding hydrogens is 526 g/mol. The first-order chi connectivity index (χ1) is 18.4. The van der Waals surface area contributed by atoms with Crippen molar-refractivity contribution in [3.05, 3.63) is 65.3 Å². The van der Waals surface area contributed by atoms with Gasteiger partial charge in [-0.05, 0) is 51.0 Å². The van der Waals surface area contributed by atoms with E-state index in [0.29, 0.717) is 55.0 Å². The molecule has 0 bridgehead atoms. The summed E-state index contributed by atoms with van der Waals surface area (Å²) in [4.78, 5) is 18.0. The first kappa shape index (κ1) is 27.0. The fourth-order valence-corrected chi connectivity index (χ4v) is 4.29. The van der Waals surface area contributed by atoms with Crippen molar-refractivity contribution in [3.8, 4) is 11.3 Å². The molecule has 4 heterocycles. The van der Waals surface area contributed by atoms with E-state index in [4.69, 9.17) is 4.74 Å². The molecule has 3 aromatic heterocycles. The summed E-state index contributed by atoms with van der Waals surface area (Å²) in [7, 11) is 0. The summed E-state index contributed by atoms with van der Waals surface area (Å²) in [6.07, 6.45) is -0.208. The molecule has 1 saturated carbocycles. The van der Waals surface area contributed by atoms with Gasteiger partial charge < -0.3 is 4.74 Å². The van der Waals surface area contributed by atoms with Crippen LogP contribution in [0.5, 0.6) is 0 Å². The van der Waals surface area contributed by atoms with Gasteiger partial charge in [-0.25, -0.2) is 33.1 Å². The first-order valence-corrected chi connectivity index (χ1v) is 12.3. The predicted octanol–water partition coefficient (Wildman–Crippen LogP) is 6.22. The molecule has 2 aliphatic rings. The van der Waals surface area contributed by atoms with Crippen molar-refractivity contribution in [2.75, 3.05) is 13.2 Å². The topological polar surface area (TPSA) is 78.6 Å². The van der Waals surface area contributed by atoms with Gasteiger partial charge in [0.1, 0.15) is 28.9 Å². The normalized spacial score (nSPS) is 19.0. The summed E-state index contributed by atoms with van der Waals surface area (Å²) in [5.41, 5.74) is 0.900. The molecule has 13 heteroatoms. The van der Waals surface area contributed by atoms with Gasteiger partial charge in [-0.1, -0.05) is 0 Å².